The SMILES string of the molecule is Cc1cccc(C(=O)N[C@@H](C#N)c2ccccc2F)n1. The Balaban J connectivity index is 2.22. The van der Waals surface area contributed by atoms with Gasteiger partial charge in [0.25, 0.3) is 5.91 Å². The summed E-state index contributed by atoms with van der Waals surface area (Å²) in [5.74, 6) is -1.04. The molecular formula is C15H12FN3O. The first kappa shape index (κ1) is 13.7. The quantitative estimate of drug-likeness (QED) is 0.931. The Bertz CT molecular complexity index is 679. The number of hydrogen-bond donors (Lipinski definition) is 1. The van der Waals surface area contributed by atoms with Crippen molar-refractivity contribution in [2.45, 2.75) is 13.0 Å². The van der Waals surface area contributed by atoms with Gasteiger partial charge in [-0.05, 0) is 25.1 Å². The van der Waals surface area contributed by atoms with Crippen LogP contribution in [-0.2, 0) is 0 Å². The molecule has 100 valence electrons. The van der Waals surface area contributed by atoms with E-state index in [0.29, 0.717) is 5.69 Å². The molecule has 1 aromatic heterocycles. The third kappa shape index (κ3) is 2.98. The molecule has 0 saturated heterocycles. The van der Waals surface area contributed by atoms with Crippen LogP contribution >= 0.6 is 0 Å². The highest BCUT2D eigenvalue weighted by Crippen LogP contribution is 2.16. The number of nitriles is 1. The summed E-state index contributed by atoms with van der Waals surface area (Å²) in [5.41, 5.74) is 1.02. The third-order valence-electron chi connectivity index (χ3n) is 2.74. The van der Waals surface area contributed by atoms with Crippen LogP contribution in [0.25, 0.3) is 0 Å². The van der Waals surface area contributed by atoms with E-state index in [1.165, 1.54) is 24.3 Å². The van der Waals surface area contributed by atoms with E-state index < -0.39 is 17.8 Å². The van der Waals surface area contributed by atoms with E-state index in [9.17, 15) is 9.18 Å². The van der Waals surface area contributed by atoms with E-state index in [0.717, 1.165) is 0 Å². The second-order valence-electron chi connectivity index (χ2n) is 4.22. The van der Waals surface area contributed by atoms with Crippen LogP contribution in [0.2, 0.25) is 0 Å². The molecule has 0 unspecified atom stereocenters. The number of halogens is 1. The first-order valence-electron chi connectivity index (χ1n) is 6.00. The predicted octanol–water partition coefficient (Wildman–Crippen LogP) is 2.52. The van der Waals surface area contributed by atoms with Gasteiger partial charge in [0.1, 0.15) is 17.6 Å². The number of amides is 1. The Kier molecular flexibility index (Phi) is 4.06. The molecule has 0 radical (unpaired) electrons. The molecule has 1 aromatic carbocycles. The van der Waals surface area contributed by atoms with Crippen LogP contribution in [-0.4, -0.2) is 10.9 Å². The van der Waals surface area contributed by atoms with Crippen LogP contribution < -0.4 is 5.32 Å². The number of carbonyl (C=O) groups is 1. The number of rotatable bonds is 3. The van der Waals surface area contributed by atoms with Gasteiger partial charge in [-0.2, -0.15) is 5.26 Å². The van der Waals surface area contributed by atoms with Gasteiger partial charge in [-0.1, -0.05) is 24.3 Å². The topological polar surface area (TPSA) is 65.8 Å². The molecule has 0 spiro atoms. The van der Waals surface area contributed by atoms with Crippen molar-refractivity contribution < 1.29 is 9.18 Å². The van der Waals surface area contributed by atoms with Gasteiger partial charge < -0.3 is 5.32 Å². The molecule has 0 aliphatic heterocycles. The second kappa shape index (κ2) is 5.93. The molecule has 1 N–H and O–H groups in total. The van der Waals surface area contributed by atoms with Crippen LogP contribution in [0, 0.1) is 24.1 Å². The molecule has 1 heterocycles. The number of hydrogen-bond acceptors (Lipinski definition) is 3. The van der Waals surface area contributed by atoms with Gasteiger partial charge in [0, 0.05) is 11.3 Å². The van der Waals surface area contributed by atoms with Gasteiger partial charge in [0.15, 0.2) is 0 Å². The molecule has 2 aromatic rings. The predicted molar refractivity (Wildman–Crippen MR) is 71.2 cm³/mol. The summed E-state index contributed by atoms with van der Waals surface area (Å²) >= 11 is 0. The number of benzene rings is 1. The maximum Gasteiger partial charge on any atom is 0.271 e. The highest BCUT2D eigenvalue weighted by Gasteiger charge is 2.18. The molecule has 1 atom stereocenters. The van der Waals surface area contributed by atoms with Crippen molar-refractivity contribution in [3.63, 3.8) is 0 Å². The third-order valence-corrected chi connectivity index (χ3v) is 2.74. The Hall–Kier alpha value is -2.74. The van der Waals surface area contributed by atoms with Crippen molar-refractivity contribution in [3.05, 3.63) is 65.2 Å². The van der Waals surface area contributed by atoms with E-state index >= 15 is 0 Å². The minimum atomic E-state index is -1.05. The summed E-state index contributed by atoms with van der Waals surface area (Å²) in [5, 5.41) is 11.6. The normalized spacial score (nSPS) is 11.4. The van der Waals surface area contributed by atoms with Gasteiger partial charge in [-0.3, -0.25) is 4.79 Å². The van der Waals surface area contributed by atoms with E-state index in [1.807, 2.05) is 6.07 Å². The van der Waals surface area contributed by atoms with Crippen LogP contribution in [0.15, 0.2) is 42.5 Å². The van der Waals surface area contributed by atoms with Gasteiger partial charge in [-0.15, -0.1) is 0 Å². The lowest BCUT2D eigenvalue weighted by Gasteiger charge is -2.12. The number of nitrogens with one attached hydrogen (secondary N) is 1. The smallest absolute Gasteiger partial charge is 0.271 e. The molecule has 0 aliphatic rings. The monoisotopic (exact) mass is 269 g/mol. The lowest BCUT2D eigenvalue weighted by atomic mass is 10.1. The molecule has 4 nitrogen and oxygen atoms in total. The maximum absolute atomic E-state index is 13.6. The fourth-order valence-corrected chi connectivity index (χ4v) is 1.76. The Morgan fingerprint density at radius 1 is 1.30 bits per heavy atom. The van der Waals surface area contributed by atoms with Gasteiger partial charge in [-0.25, -0.2) is 9.37 Å². The fraction of sp³-hybridized carbons (Fsp3) is 0.133. The summed E-state index contributed by atoms with van der Waals surface area (Å²) in [6.45, 7) is 1.76. The summed E-state index contributed by atoms with van der Waals surface area (Å²) in [6.07, 6.45) is 0. The van der Waals surface area contributed by atoms with Crippen LogP contribution in [0.5, 0.6) is 0 Å². The largest absolute Gasteiger partial charge is 0.331 e. The van der Waals surface area contributed by atoms with E-state index in [4.69, 9.17) is 5.26 Å². The highest BCUT2D eigenvalue weighted by molar-refractivity contribution is 5.92. The summed E-state index contributed by atoms with van der Waals surface area (Å²) in [4.78, 5) is 16.1. The number of aryl methyl sites for hydroxylation is 1. The van der Waals surface area contributed by atoms with Crippen LogP contribution in [0.1, 0.15) is 27.8 Å². The fourth-order valence-electron chi connectivity index (χ4n) is 1.76. The zero-order valence-corrected chi connectivity index (χ0v) is 10.8. The number of carbonyl (C=O) groups excluding carboxylic acids is 1. The van der Waals surface area contributed by atoms with Gasteiger partial charge >= 0.3 is 0 Å². The average Bonchev–Trinajstić information content (AvgIpc) is 2.45. The highest BCUT2D eigenvalue weighted by atomic mass is 19.1. The number of aromatic nitrogens is 1. The molecule has 0 fully saturated rings. The standard InChI is InChI=1S/C15H12FN3O/c1-10-5-4-8-13(18-10)15(20)19-14(9-17)11-6-2-3-7-12(11)16/h2-8,14H,1H3,(H,19,20)/t14-/m0/s1. The van der Waals surface area contributed by atoms with E-state index in [1.54, 1.807) is 25.1 Å². The van der Waals surface area contributed by atoms with Gasteiger partial charge in [0.05, 0.1) is 6.07 Å². The van der Waals surface area contributed by atoms with Crippen molar-refractivity contribution >= 4 is 5.91 Å². The first-order chi connectivity index (χ1) is 9.61. The number of nitrogens with zero attached hydrogens (tertiary/aromatic N) is 2. The molecule has 2 rings (SSSR count). The molecule has 0 saturated carbocycles. The minimum absolute atomic E-state index is 0.135. The van der Waals surface area contributed by atoms with Crippen molar-refractivity contribution in [3.8, 4) is 6.07 Å². The van der Waals surface area contributed by atoms with Crippen molar-refractivity contribution in [2.75, 3.05) is 0 Å². The average molecular weight is 269 g/mol. The van der Waals surface area contributed by atoms with Crippen molar-refractivity contribution in [2.24, 2.45) is 0 Å². The van der Waals surface area contributed by atoms with Crippen molar-refractivity contribution in [1.82, 2.24) is 10.3 Å². The Morgan fingerprint density at radius 2 is 2.05 bits per heavy atom. The van der Waals surface area contributed by atoms with Crippen LogP contribution in [0.4, 0.5) is 4.39 Å². The molecular weight excluding hydrogens is 257 g/mol. The molecule has 20 heavy (non-hydrogen) atoms. The van der Waals surface area contributed by atoms with Crippen molar-refractivity contribution in [1.29, 1.82) is 5.26 Å². The summed E-state index contributed by atoms with van der Waals surface area (Å²) in [6, 6.07) is 11.7. The van der Waals surface area contributed by atoms with Crippen LogP contribution in [0.3, 0.4) is 0 Å². The molecule has 1 amide bonds. The lowest BCUT2D eigenvalue weighted by molar-refractivity contribution is 0.0939. The Morgan fingerprint density at radius 3 is 2.70 bits per heavy atom. The maximum atomic E-state index is 13.6. The molecule has 5 heteroatoms. The van der Waals surface area contributed by atoms with E-state index in [2.05, 4.69) is 10.3 Å². The lowest BCUT2D eigenvalue weighted by Crippen LogP contribution is -2.29. The zero-order chi connectivity index (χ0) is 14.5. The Labute approximate surface area is 115 Å². The number of pyridine rings is 1. The van der Waals surface area contributed by atoms with E-state index in [-0.39, 0.29) is 11.3 Å². The molecule has 0 bridgehead atoms. The second-order valence-corrected chi connectivity index (χ2v) is 4.22. The molecule has 0 aliphatic carbocycles. The minimum Gasteiger partial charge on any atom is -0.331 e. The zero-order valence-electron chi connectivity index (χ0n) is 10.8. The van der Waals surface area contributed by atoms with Gasteiger partial charge in [0.2, 0.25) is 0 Å². The first-order valence-corrected chi connectivity index (χ1v) is 6.00. The summed E-state index contributed by atoms with van der Waals surface area (Å²) < 4.78 is 13.6. The summed E-state index contributed by atoms with van der Waals surface area (Å²) in [7, 11) is 0.